The van der Waals surface area contributed by atoms with Crippen LogP contribution in [0.1, 0.15) is 29.8 Å². The lowest BCUT2D eigenvalue weighted by molar-refractivity contribution is -0.245. The molecule has 3 N–H and O–H groups in total. The topological polar surface area (TPSA) is 120 Å². The average Bonchev–Trinajstić information content (AvgIpc) is 2.85. The van der Waals surface area contributed by atoms with E-state index in [1.807, 2.05) is 51.1 Å². The predicted octanol–water partition coefficient (Wildman–Crippen LogP) is 6.99. The van der Waals surface area contributed by atoms with Crippen molar-refractivity contribution >= 4 is 35.0 Å². The number of benzene rings is 3. The van der Waals surface area contributed by atoms with Crippen molar-refractivity contribution in [2.75, 3.05) is 13.2 Å². The van der Waals surface area contributed by atoms with Gasteiger partial charge in [0.15, 0.2) is 0 Å². The summed E-state index contributed by atoms with van der Waals surface area (Å²) in [6, 6.07) is 13.9. The first-order valence-electron chi connectivity index (χ1n) is 11.1. The highest BCUT2D eigenvalue weighted by Crippen LogP contribution is 2.34. The number of nitrogens with zero attached hydrogens (tertiary/aromatic N) is 4. The van der Waals surface area contributed by atoms with Crippen LogP contribution in [0, 0.1) is 20.8 Å². The molecule has 0 saturated carbocycles. The number of phenols is 1. The molecule has 0 aliphatic rings. The number of azo groups is 2. The van der Waals surface area contributed by atoms with Gasteiger partial charge < -0.3 is 10.2 Å². The summed E-state index contributed by atoms with van der Waals surface area (Å²) in [4.78, 5) is 5.58. The van der Waals surface area contributed by atoms with Crippen LogP contribution in [0.3, 0.4) is 0 Å². The molecule has 0 aliphatic heterocycles. The van der Waals surface area contributed by atoms with Crippen molar-refractivity contribution in [1.82, 2.24) is 5.48 Å². The molecule has 0 aliphatic carbocycles. The molecule has 35 heavy (non-hydrogen) atoms. The number of hydrogen-bond donors (Lipinski definition) is 3. The summed E-state index contributed by atoms with van der Waals surface area (Å²) >= 11 is 7.01. The molecule has 0 heterocycles. The van der Waals surface area contributed by atoms with Crippen LogP contribution in [0.15, 0.2) is 79.9 Å². The Balaban J connectivity index is 1.87. The lowest BCUT2D eigenvalue weighted by atomic mass is 10.1. The molecule has 3 aromatic carbocycles. The highest BCUT2D eigenvalue weighted by Gasteiger charge is 2.12. The van der Waals surface area contributed by atoms with Crippen LogP contribution in [0.5, 0.6) is 5.75 Å². The number of phenolic OH excluding ortho intramolecular Hbond substituents is 1. The molecule has 1 atom stereocenters. The van der Waals surface area contributed by atoms with E-state index in [-0.39, 0.29) is 35.7 Å². The highest BCUT2D eigenvalue weighted by atomic mass is 35.5. The minimum absolute atomic E-state index is 0.00939. The van der Waals surface area contributed by atoms with E-state index < -0.39 is 6.17 Å². The first-order valence-corrected chi connectivity index (χ1v) is 11.7. The Morgan fingerprint density at radius 2 is 1.83 bits per heavy atom. The second-order valence-corrected chi connectivity index (χ2v) is 8.65. The Bertz CT molecular complexity index is 1240. The zero-order valence-electron chi connectivity index (χ0n) is 20.4. The summed E-state index contributed by atoms with van der Waals surface area (Å²) in [5.74, 6) is -0.209. The van der Waals surface area contributed by atoms with Gasteiger partial charge in [-0.15, -0.1) is 14.4 Å². The largest absolute Gasteiger partial charge is 0.506 e. The zero-order valence-corrected chi connectivity index (χ0v) is 21.0. The monoisotopic (exact) mass is 516 g/mol. The summed E-state index contributed by atoms with van der Waals surface area (Å²) in [5, 5.41) is 36.2. The molecule has 9 nitrogen and oxygen atoms in total. The van der Waals surface area contributed by atoms with Crippen molar-refractivity contribution < 1.29 is 20.9 Å². The number of hydrogen-bond acceptors (Lipinski definition) is 10. The second kappa shape index (κ2) is 13.3. The van der Waals surface area contributed by atoms with Gasteiger partial charge in [0.2, 0.25) is 6.17 Å². The molecule has 3 aromatic rings. The SMILES string of the molecule is [2H]c1cc(O)c(N=NC(N=Nc2cc(C)c(C)c(SOONCCO)c2)c2ccc(C)cc2)cc1Cl. The third-order valence-electron chi connectivity index (χ3n) is 4.84. The Morgan fingerprint density at radius 3 is 2.57 bits per heavy atom. The van der Waals surface area contributed by atoms with Crippen molar-refractivity contribution in [2.24, 2.45) is 20.5 Å². The Labute approximate surface area is 214 Å². The Kier molecular flexibility index (Phi) is 9.58. The van der Waals surface area contributed by atoms with Crippen LogP contribution in [0.2, 0.25) is 5.02 Å². The van der Waals surface area contributed by atoms with E-state index in [0.717, 1.165) is 39.2 Å². The highest BCUT2D eigenvalue weighted by molar-refractivity contribution is 7.94. The van der Waals surface area contributed by atoms with E-state index in [0.29, 0.717) is 5.69 Å². The number of halogens is 1. The molecule has 0 amide bonds. The van der Waals surface area contributed by atoms with Crippen molar-refractivity contribution in [1.29, 1.82) is 0 Å². The van der Waals surface area contributed by atoms with Crippen LogP contribution in [0.4, 0.5) is 11.4 Å². The van der Waals surface area contributed by atoms with Crippen LogP contribution in [-0.2, 0) is 9.32 Å². The summed E-state index contributed by atoms with van der Waals surface area (Å²) in [6.07, 6.45) is -0.792. The van der Waals surface area contributed by atoms with Crippen molar-refractivity contribution in [3.8, 4) is 5.75 Å². The number of rotatable bonds is 11. The quantitative estimate of drug-likeness (QED) is 0.0830. The molecule has 3 rings (SSSR count). The van der Waals surface area contributed by atoms with Crippen molar-refractivity contribution in [2.45, 2.75) is 31.8 Å². The van der Waals surface area contributed by atoms with Gasteiger partial charge in [0.05, 0.1) is 25.7 Å². The van der Waals surface area contributed by atoms with Crippen LogP contribution in [0.25, 0.3) is 0 Å². The fourth-order valence-corrected chi connectivity index (χ4v) is 3.55. The van der Waals surface area contributed by atoms with E-state index in [1.54, 1.807) is 6.07 Å². The molecule has 184 valence electrons. The van der Waals surface area contributed by atoms with Gasteiger partial charge >= 0.3 is 0 Å². The number of aromatic hydroxyl groups is 1. The smallest absolute Gasteiger partial charge is 0.206 e. The molecule has 1 unspecified atom stereocenters. The van der Waals surface area contributed by atoms with Crippen LogP contribution < -0.4 is 5.48 Å². The van der Waals surface area contributed by atoms with E-state index in [9.17, 15) is 5.11 Å². The standard InChI is InChI=1S/C24H26ClN5O4S/c1-15-4-6-18(7-5-15)24(30-28-21-13-19(25)8-9-22(21)32)29-27-20-12-16(2)17(3)23(14-20)35-34-33-26-10-11-31/h4-9,12-14,24,26,31-32H,10-11H2,1-3H3/i8D. The lowest BCUT2D eigenvalue weighted by Gasteiger charge is -2.10. The van der Waals surface area contributed by atoms with Gasteiger partial charge in [-0.25, -0.2) is 0 Å². The maximum Gasteiger partial charge on any atom is 0.206 e. The Hall–Kier alpha value is -2.86. The van der Waals surface area contributed by atoms with E-state index in [1.165, 1.54) is 12.1 Å². The fourth-order valence-electron chi connectivity index (χ4n) is 2.78. The van der Waals surface area contributed by atoms with Crippen LogP contribution in [-0.4, -0.2) is 23.4 Å². The number of aliphatic hydroxyl groups excluding tert-OH is 1. The normalized spacial score (nSPS) is 13.0. The summed E-state index contributed by atoms with van der Waals surface area (Å²) < 4.78 is 12.8. The fraction of sp³-hybridized carbons (Fsp3) is 0.250. The molecule has 0 fully saturated rings. The third kappa shape index (κ3) is 8.10. The minimum atomic E-state index is -0.792. The van der Waals surface area contributed by atoms with Gasteiger partial charge in [-0.3, -0.25) is 0 Å². The van der Waals surface area contributed by atoms with Gasteiger partial charge in [0.1, 0.15) is 11.4 Å². The van der Waals surface area contributed by atoms with Gasteiger partial charge in [-0.1, -0.05) is 41.4 Å². The molecule has 11 heteroatoms. The summed E-state index contributed by atoms with van der Waals surface area (Å²) in [6.45, 7) is 6.03. The summed E-state index contributed by atoms with van der Waals surface area (Å²) in [7, 11) is 0. The van der Waals surface area contributed by atoms with Gasteiger partial charge in [-0.2, -0.15) is 20.8 Å². The number of aryl methyl sites for hydroxylation is 2. The molecular weight excluding hydrogens is 490 g/mol. The van der Waals surface area contributed by atoms with E-state index in [4.69, 9.17) is 27.4 Å². The molecule has 0 radical (unpaired) electrons. The number of nitrogens with one attached hydrogen (secondary N) is 1. The number of hydroxylamine groups is 1. The molecular formula is C24H26ClN5O4S. The Morgan fingerprint density at radius 1 is 1.09 bits per heavy atom. The third-order valence-corrected chi connectivity index (χ3v) is 5.80. The van der Waals surface area contributed by atoms with Gasteiger partial charge in [0, 0.05) is 22.0 Å². The number of aliphatic hydroxyl groups is 1. The predicted molar refractivity (Wildman–Crippen MR) is 135 cm³/mol. The van der Waals surface area contributed by atoms with Crippen molar-refractivity contribution in [3.05, 3.63) is 81.8 Å². The minimum Gasteiger partial charge on any atom is -0.506 e. The van der Waals surface area contributed by atoms with Gasteiger partial charge in [0.25, 0.3) is 0 Å². The first-order chi connectivity index (χ1) is 17.3. The van der Waals surface area contributed by atoms with Gasteiger partial charge in [-0.05, 0) is 62.2 Å². The molecule has 0 aromatic heterocycles. The molecule has 0 spiro atoms. The first kappa shape index (κ1) is 25.2. The maximum absolute atomic E-state index is 10.1. The molecule has 0 saturated heterocycles. The molecule has 0 bridgehead atoms. The van der Waals surface area contributed by atoms with E-state index >= 15 is 0 Å². The zero-order chi connectivity index (χ0) is 26.1. The second-order valence-electron chi connectivity index (χ2n) is 7.51. The lowest BCUT2D eigenvalue weighted by Crippen LogP contribution is -2.17. The maximum atomic E-state index is 10.1. The average molecular weight is 517 g/mol. The van der Waals surface area contributed by atoms with Crippen LogP contribution >= 0.6 is 23.6 Å². The van der Waals surface area contributed by atoms with Crippen molar-refractivity contribution in [3.63, 3.8) is 0 Å². The van der Waals surface area contributed by atoms with E-state index in [2.05, 4.69) is 25.9 Å². The summed E-state index contributed by atoms with van der Waals surface area (Å²) in [5.41, 5.74) is 6.95.